The average Bonchev–Trinajstić information content (AvgIpc) is 2.90. The highest BCUT2D eigenvalue weighted by molar-refractivity contribution is 5.86. The normalized spacial score (nSPS) is 20.1. The van der Waals surface area contributed by atoms with Crippen LogP contribution in [-0.2, 0) is 11.2 Å². The Morgan fingerprint density at radius 2 is 2.29 bits per heavy atom. The van der Waals surface area contributed by atoms with Crippen LogP contribution in [0.3, 0.4) is 0 Å². The molecule has 1 amide bonds. The van der Waals surface area contributed by atoms with Crippen molar-refractivity contribution >= 4 is 5.91 Å². The zero-order valence-electron chi connectivity index (χ0n) is 10.2. The van der Waals surface area contributed by atoms with E-state index in [0.717, 1.165) is 31.4 Å². The molecule has 1 aliphatic carbocycles. The number of hydrogen-bond acceptors (Lipinski definition) is 3. The summed E-state index contributed by atoms with van der Waals surface area (Å²) in [5, 5.41) is 2.98. The summed E-state index contributed by atoms with van der Waals surface area (Å²) < 4.78 is 5.25. The number of furan rings is 1. The van der Waals surface area contributed by atoms with Gasteiger partial charge in [-0.2, -0.15) is 0 Å². The van der Waals surface area contributed by atoms with Crippen molar-refractivity contribution in [1.29, 1.82) is 0 Å². The van der Waals surface area contributed by atoms with Gasteiger partial charge in [0.15, 0.2) is 0 Å². The third kappa shape index (κ3) is 2.88. The molecule has 0 aromatic carbocycles. The van der Waals surface area contributed by atoms with E-state index >= 15 is 0 Å². The number of carbonyl (C=O) groups excluding carboxylic acids is 1. The molecule has 0 bridgehead atoms. The van der Waals surface area contributed by atoms with Crippen LogP contribution in [0.15, 0.2) is 22.8 Å². The third-order valence-electron chi connectivity index (χ3n) is 3.41. The number of hydrogen-bond donors (Lipinski definition) is 2. The smallest absolute Gasteiger partial charge is 0.240 e. The van der Waals surface area contributed by atoms with E-state index in [0.29, 0.717) is 6.42 Å². The van der Waals surface area contributed by atoms with Gasteiger partial charge in [0.05, 0.1) is 11.8 Å². The van der Waals surface area contributed by atoms with Gasteiger partial charge < -0.3 is 15.5 Å². The lowest BCUT2D eigenvalue weighted by molar-refractivity contribution is -0.126. The first-order valence-corrected chi connectivity index (χ1v) is 6.22. The Labute approximate surface area is 102 Å². The topological polar surface area (TPSA) is 68.3 Å². The lowest BCUT2D eigenvalue weighted by atomic mass is 9.97. The first kappa shape index (κ1) is 12.2. The van der Waals surface area contributed by atoms with E-state index in [1.165, 1.54) is 0 Å². The van der Waals surface area contributed by atoms with Crippen molar-refractivity contribution in [2.45, 2.75) is 50.6 Å². The van der Waals surface area contributed by atoms with Crippen LogP contribution in [0.5, 0.6) is 0 Å². The molecule has 17 heavy (non-hydrogen) atoms. The van der Waals surface area contributed by atoms with Crippen LogP contribution < -0.4 is 11.1 Å². The highest BCUT2D eigenvalue weighted by atomic mass is 16.3. The van der Waals surface area contributed by atoms with Crippen molar-refractivity contribution in [3.05, 3.63) is 24.2 Å². The maximum Gasteiger partial charge on any atom is 0.240 e. The zero-order chi connectivity index (χ0) is 12.3. The minimum Gasteiger partial charge on any atom is -0.469 e. The fourth-order valence-corrected chi connectivity index (χ4v) is 2.38. The summed E-state index contributed by atoms with van der Waals surface area (Å²) in [6.07, 6.45) is 6.05. The molecule has 0 spiro atoms. The molecule has 1 unspecified atom stereocenters. The molecule has 1 fully saturated rings. The van der Waals surface area contributed by atoms with E-state index in [1.807, 2.05) is 19.1 Å². The molecular weight excluding hydrogens is 216 g/mol. The Hall–Kier alpha value is -1.29. The molecule has 1 atom stereocenters. The maximum atomic E-state index is 12.0. The molecule has 1 aliphatic rings. The Kier molecular flexibility index (Phi) is 3.52. The Bertz CT molecular complexity index is 367. The summed E-state index contributed by atoms with van der Waals surface area (Å²) in [6, 6.07) is 3.82. The third-order valence-corrected chi connectivity index (χ3v) is 3.41. The summed E-state index contributed by atoms with van der Waals surface area (Å²) in [7, 11) is 0. The van der Waals surface area contributed by atoms with Gasteiger partial charge in [-0.1, -0.05) is 12.8 Å². The Morgan fingerprint density at radius 1 is 1.59 bits per heavy atom. The minimum atomic E-state index is -0.641. The second-order valence-electron chi connectivity index (χ2n) is 5.02. The van der Waals surface area contributed by atoms with Crippen LogP contribution >= 0.6 is 0 Å². The van der Waals surface area contributed by atoms with Crippen molar-refractivity contribution < 1.29 is 9.21 Å². The van der Waals surface area contributed by atoms with Gasteiger partial charge in [-0.25, -0.2) is 0 Å². The molecule has 3 N–H and O–H groups in total. The average molecular weight is 236 g/mol. The first-order valence-electron chi connectivity index (χ1n) is 6.22. The SMILES string of the molecule is CC(Cc1ccco1)NC(=O)C1(N)CCCC1. The summed E-state index contributed by atoms with van der Waals surface area (Å²) in [5.74, 6) is 0.865. The molecular formula is C13H20N2O2. The van der Waals surface area contributed by atoms with Crippen LogP contribution in [0.4, 0.5) is 0 Å². The largest absolute Gasteiger partial charge is 0.469 e. The van der Waals surface area contributed by atoms with Crippen LogP contribution in [-0.4, -0.2) is 17.5 Å². The van der Waals surface area contributed by atoms with Crippen LogP contribution in [0.1, 0.15) is 38.4 Å². The van der Waals surface area contributed by atoms with Crippen molar-refractivity contribution in [2.24, 2.45) is 5.73 Å². The molecule has 1 aromatic rings. The predicted molar refractivity (Wildman–Crippen MR) is 65.4 cm³/mol. The second-order valence-corrected chi connectivity index (χ2v) is 5.02. The summed E-state index contributed by atoms with van der Waals surface area (Å²) in [6.45, 7) is 1.97. The van der Waals surface area contributed by atoms with Crippen molar-refractivity contribution in [3.63, 3.8) is 0 Å². The maximum absolute atomic E-state index is 12.0. The standard InChI is InChI=1S/C13H20N2O2/c1-10(9-11-5-4-8-17-11)15-12(16)13(14)6-2-3-7-13/h4-5,8,10H,2-3,6-7,9,14H2,1H3,(H,15,16). The molecule has 2 rings (SSSR count). The summed E-state index contributed by atoms with van der Waals surface area (Å²) in [5.41, 5.74) is 5.45. The van der Waals surface area contributed by atoms with Crippen molar-refractivity contribution in [1.82, 2.24) is 5.32 Å². The van der Waals surface area contributed by atoms with E-state index < -0.39 is 5.54 Å². The van der Waals surface area contributed by atoms with E-state index in [2.05, 4.69) is 5.32 Å². The number of rotatable bonds is 4. The van der Waals surface area contributed by atoms with Gasteiger partial charge in [-0.15, -0.1) is 0 Å². The molecule has 0 saturated heterocycles. The molecule has 94 valence electrons. The monoisotopic (exact) mass is 236 g/mol. The Morgan fingerprint density at radius 3 is 2.88 bits per heavy atom. The Balaban J connectivity index is 1.86. The van der Waals surface area contributed by atoms with E-state index in [4.69, 9.17) is 10.2 Å². The first-order chi connectivity index (χ1) is 8.10. The molecule has 1 saturated carbocycles. The molecule has 0 radical (unpaired) electrons. The quantitative estimate of drug-likeness (QED) is 0.834. The van der Waals surface area contributed by atoms with E-state index in [1.54, 1.807) is 6.26 Å². The van der Waals surface area contributed by atoms with Gasteiger partial charge in [-0.3, -0.25) is 4.79 Å². The number of nitrogens with one attached hydrogen (secondary N) is 1. The van der Waals surface area contributed by atoms with Gasteiger partial charge in [0.2, 0.25) is 5.91 Å². The number of amides is 1. The van der Waals surface area contributed by atoms with Gasteiger partial charge in [0.1, 0.15) is 5.76 Å². The van der Waals surface area contributed by atoms with Crippen LogP contribution in [0.25, 0.3) is 0 Å². The van der Waals surface area contributed by atoms with Gasteiger partial charge in [-0.05, 0) is 31.9 Å². The zero-order valence-corrected chi connectivity index (χ0v) is 10.2. The highest BCUT2D eigenvalue weighted by Gasteiger charge is 2.37. The fraction of sp³-hybridized carbons (Fsp3) is 0.615. The molecule has 1 heterocycles. The van der Waals surface area contributed by atoms with Gasteiger partial charge in [0.25, 0.3) is 0 Å². The van der Waals surface area contributed by atoms with Crippen LogP contribution in [0.2, 0.25) is 0 Å². The van der Waals surface area contributed by atoms with Crippen LogP contribution in [0, 0.1) is 0 Å². The fourth-order valence-electron chi connectivity index (χ4n) is 2.38. The van der Waals surface area contributed by atoms with Gasteiger partial charge in [0, 0.05) is 12.5 Å². The second kappa shape index (κ2) is 4.92. The van der Waals surface area contributed by atoms with Crippen molar-refractivity contribution in [2.75, 3.05) is 0 Å². The minimum absolute atomic E-state index is 0.0194. The lowest BCUT2D eigenvalue weighted by Gasteiger charge is -2.24. The van der Waals surface area contributed by atoms with Gasteiger partial charge >= 0.3 is 0 Å². The lowest BCUT2D eigenvalue weighted by Crippen LogP contribution is -2.54. The molecule has 4 heteroatoms. The highest BCUT2D eigenvalue weighted by Crippen LogP contribution is 2.27. The molecule has 0 aliphatic heterocycles. The molecule has 1 aromatic heterocycles. The summed E-state index contributed by atoms with van der Waals surface area (Å²) in [4.78, 5) is 12.0. The molecule has 4 nitrogen and oxygen atoms in total. The number of carbonyl (C=O) groups is 1. The van der Waals surface area contributed by atoms with E-state index in [9.17, 15) is 4.79 Å². The predicted octanol–water partition coefficient (Wildman–Crippen LogP) is 1.60. The number of nitrogens with two attached hydrogens (primary N) is 1. The van der Waals surface area contributed by atoms with E-state index in [-0.39, 0.29) is 11.9 Å². The summed E-state index contributed by atoms with van der Waals surface area (Å²) >= 11 is 0. The van der Waals surface area contributed by atoms with Crippen molar-refractivity contribution in [3.8, 4) is 0 Å².